The highest BCUT2D eigenvalue weighted by molar-refractivity contribution is 6.58. The summed E-state index contributed by atoms with van der Waals surface area (Å²) in [6, 6.07) is 8.12. The van der Waals surface area contributed by atoms with Gasteiger partial charge in [0, 0.05) is 18.5 Å². The molecule has 0 saturated heterocycles. The molecule has 0 atom stereocenters. The molecule has 1 aromatic rings. The minimum Gasteiger partial charge on any atom is -0.423 e. The quantitative estimate of drug-likeness (QED) is 0.600. The lowest BCUT2D eigenvalue weighted by atomic mass is 9.80. The zero-order valence-electron chi connectivity index (χ0n) is 8.55. The first-order valence-corrected chi connectivity index (χ1v) is 4.76. The monoisotopic (exact) mass is 218 g/mol. The summed E-state index contributed by atoms with van der Waals surface area (Å²) in [4.78, 5) is 11.3. The molecule has 1 rings (SSSR count). The van der Waals surface area contributed by atoms with Crippen LogP contribution in [-0.2, 0) is 4.79 Å². The van der Waals surface area contributed by atoms with Gasteiger partial charge >= 0.3 is 7.12 Å². The van der Waals surface area contributed by atoms with Crippen molar-refractivity contribution in [2.45, 2.75) is 12.8 Å². The van der Waals surface area contributed by atoms with Crippen molar-refractivity contribution in [3.8, 4) is 6.07 Å². The van der Waals surface area contributed by atoms with Crippen LogP contribution in [0.4, 0.5) is 5.69 Å². The van der Waals surface area contributed by atoms with E-state index in [4.69, 9.17) is 15.3 Å². The van der Waals surface area contributed by atoms with E-state index in [9.17, 15) is 4.79 Å². The Hall–Kier alpha value is -1.84. The average molecular weight is 218 g/mol. The smallest absolute Gasteiger partial charge is 0.423 e. The first kappa shape index (κ1) is 12.2. The molecule has 6 heteroatoms. The van der Waals surface area contributed by atoms with Gasteiger partial charge in [0.2, 0.25) is 5.91 Å². The summed E-state index contributed by atoms with van der Waals surface area (Å²) in [7, 11) is -1.56. The van der Waals surface area contributed by atoms with E-state index in [2.05, 4.69) is 5.32 Å². The van der Waals surface area contributed by atoms with E-state index in [-0.39, 0.29) is 18.7 Å². The van der Waals surface area contributed by atoms with Gasteiger partial charge in [0.05, 0.1) is 6.07 Å². The summed E-state index contributed by atoms with van der Waals surface area (Å²) in [5.41, 5.74) is 0.784. The van der Waals surface area contributed by atoms with Gasteiger partial charge < -0.3 is 15.4 Å². The molecule has 1 aromatic carbocycles. The van der Waals surface area contributed by atoms with Gasteiger partial charge in [-0.15, -0.1) is 0 Å². The van der Waals surface area contributed by atoms with Crippen LogP contribution in [0.1, 0.15) is 12.8 Å². The number of hydrogen-bond acceptors (Lipinski definition) is 4. The Bertz CT molecular complexity index is 415. The van der Waals surface area contributed by atoms with Crippen LogP contribution in [0, 0.1) is 11.3 Å². The molecule has 0 heterocycles. The van der Waals surface area contributed by atoms with Gasteiger partial charge in [-0.05, 0) is 17.6 Å². The molecule has 0 aliphatic rings. The molecule has 0 bridgehead atoms. The Morgan fingerprint density at radius 3 is 2.88 bits per heavy atom. The molecule has 0 fully saturated rings. The Balaban J connectivity index is 2.64. The van der Waals surface area contributed by atoms with Crippen molar-refractivity contribution in [2.75, 3.05) is 5.32 Å². The van der Waals surface area contributed by atoms with Crippen molar-refractivity contribution >= 4 is 24.2 Å². The van der Waals surface area contributed by atoms with Gasteiger partial charge in [0.15, 0.2) is 0 Å². The van der Waals surface area contributed by atoms with Gasteiger partial charge in [-0.1, -0.05) is 12.1 Å². The molecule has 82 valence electrons. The zero-order valence-corrected chi connectivity index (χ0v) is 8.55. The van der Waals surface area contributed by atoms with Crippen LogP contribution in [0.5, 0.6) is 0 Å². The molecule has 3 N–H and O–H groups in total. The zero-order chi connectivity index (χ0) is 12.0. The summed E-state index contributed by atoms with van der Waals surface area (Å²) in [5, 5.41) is 28.7. The second kappa shape index (κ2) is 5.90. The second-order valence-electron chi connectivity index (χ2n) is 3.21. The molecule has 1 amide bonds. The lowest BCUT2D eigenvalue weighted by Gasteiger charge is -2.05. The number of carbonyl (C=O) groups excluding carboxylic acids is 1. The van der Waals surface area contributed by atoms with Gasteiger partial charge in [0.1, 0.15) is 0 Å². The van der Waals surface area contributed by atoms with Gasteiger partial charge in [-0.2, -0.15) is 5.26 Å². The number of amides is 1. The van der Waals surface area contributed by atoms with E-state index in [0.717, 1.165) is 0 Å². The van der Waals surface area contributed by atoms with Crippen LogP contribution >= 0.6 is 0 Å². The molecular formula is C10H11BN2O3. The van der Waals surface area contributed by atoms with E-state index in [1.807, 2.05) is 6.07 Å². The molecule has 0 aromatic heterocycles. The number of nitrogens with zero attached hydrogens (tertiary/aromatic N) is 1. The maximum absolute atomic E-state index is 11.3. The van der Waals surface area contributed by atoms with E-state index in [1.165, 1.54) is 12.1 Å². The van der Waals surface area contributed by atoms with E-state index < -0.39 is 7.12 Å². The van der Waals surface area contributed by atoms with Gasteiger partial charge in [0.25, 0.3) is 0 Å². The molecule has 16 heavy (non-hydrogen) atoms. The number of anilines is 1. The first-order valence-electron chi connectivity index (χ1n) is 4.76. The van der Waals surface area contributed by atoms with E-state index in [1.54, 1.807) is 12.1 Å². The summed E-state index contributed by atoms with van der Waals surface area (Å²) in [6.45, 7) is 0. The van der Waals surface area contributed by atoms with E-state index >= 15 is 0 Å². The van der Waals surface area contributed by atoms with Crippen LogP contribution < -0.4 is 10.8 Å². The van der Waals surface area contributed by atoms with E-state index in [0.29, 0.717) is 11.2 Å². The molecular weight excluding hydrogens is 207 g/mol. The van der Waals surface area contributed by atoms with Crippen molar-refractivity contribution in [3.63, 3.8) is 0 Å². The molecule has 0 radical (unpaired) electrons. The van der Waals surface area contributed by atoms with Gasteiger partial charge in [-0.25, -0.2) is 0 Å². The first-order chi connectivity index (χ1) is 7.63. The number of benzene rings is 1. The Morgan fingerprint density at radius 1 is 1.50 bits per heavy atom. The van der Waals surface area contributed by atoms with Crippen LogP contribution in [0.25, 0.3) is 0 Å². The fourth-order valence-electron chi connectivity index (χ4n) is 1.17. The minimum atomic E-state index is -1.56. The third-order valence-electron chi connectivity index (χ3n) is 1.93. The Labute approximate surface area is 93.5 Å². The van der Waals surface area contributed by atoms with Crippen LogP contribution in [-0.4, -0.2) is 23.1 Å². The fourth-order valence-corrected chi connectivity index (χ4v) is 1.17. The summed E-state index contributed by atoms with van der Waals surface area (Å²) < 4.78 is 0. The van der Waals surface area contributed by atoms with Gasteiger partial charge in [-0.3, -0.25) is 4.79 Å². The lowest BCUT2D eigenvalue weighted by Crippen LogP contribution is -2.30. The highest BCUT2D eigenvalue weighted by atomic mass is 16.4. The molecule has 0 aliphatic carbocycles. The Morgan fingerprint density at radius 2 is 2.25 bits per heavy atom. The molecule has 0 spiro atoms. The number of nitriles is 1. The number of hydrogen-bond donors (Lipinski definition) is 3. The molecule has 0 aliphatic heterocycles. The van der Waals surface area contributed by atoms with Crippen molar-refractivity contribution in [3.05, 3.63) is 24.3 Å². The second-order valence-corrected chi connectivity index (χ2v) is 3.21. The molecule has 0 saturated carbocycles. The lowest BCUT2D eigenvalue weighted by molar-refractivity contribution is -0.116. The minimum absolute atomic E-state index is 0.127. The number of rotatable bonds is 4. The normalized spacial score (nSPS) is 9.31. The topological polar surface area (TPSA) is 93.4 Å². The maximum Gasteiger partial charge on any atom is 0.488 e. The summed E-state index contributed by atoms with van der Waals surface area (Å²) in [6.07, 6.45) is 0.288. The Kier molecular flexibility index (Phi) is 4.52. The standard InChI is InChI=1S/C10H11BN2O3/c12-6-2-5-10(14)13-9-4-1-3-8(7-9)11(15)16/h1,3-4,7,15-16H,2,5H2,(H,13,14). The highest BCUT2D eigenvalue weighted by Gasteiger charge is 2.11. The number of nitrogens with one attached hydrogen (secondary N) is 1. The third kappa shape index (κ3) is 3.73. The van der Waals surface area contributed by atoms with Crippen molar-refractivity contribution in [2.24, 2.45) is 0 Å². The predicted octanol–water partition coefficient (Wildman–Crippen LogP) is -0.391. The fraction of sp³-hybridized carbons (Fsp3) is 0.200. The van der Waals surface area contributed by atoms with Crippen LogP contribution in [0.3, 0.4) is 0 Å². The highest BCUT2D eigenvalue weighted by Crippen LogP contribution is 2.05. The number of carbonyl (C=O) groups is 1. The third-order valence-corrected chi connectivity index (χ3v) is 1.93. The van der Waals surface area contributed by atoms with Crippen molar-refractivity contribution < 1.29 is 14.8 Å². The summed E-state index contributed by atoms with van der Waals surface area (Å²) in [5.74, 6) is -0.272. The SMILES string of the molecule is N#CCCC(=O)Nc1cccc(B(O)O)c1. The predicted molar refractivity (Wildman–Crippen MR) is 59.7 cm³/mol. The summed E-state index contributed by atoms with van der Waals surface area (Å²) >= 11 is 0. The largest absolute Gasteiger partial charge is 0.488 e. The molecule has 0 unspecified atom stereocenters. The van der Waals surface area contributed by atoms with Crippen molar-refractivity contribution in [1.29, 1.82) is 5.26 Å². The van der Waals surface area contributed by atoms with Crippen LogP contribution in [0.2, 0.25) is 0 Å². The van der Waals surface area contributed by atoms with Crippen LogP contribution in [0.15, 0.2) is 24.3 Å². The van der Waals surface area contributed by atoms with Crippen molar-refractivity contribution in [1.82, 2.24) is 0 Å². The average Bonchev–Trinajstić information content (AvgIpc) is 2.26. The molecule has 5 nitrogen and oxygen atoms in total. The maximum atomic E-state index is 11.3.